The number of anilines is 1. The monoisotopic (exact) mass is 415 g/mol. The molecule has 1 fully saturated rings. The van der Waals surface area contributed by atoms with Crippen LogP contribution in [0, 0.1) is 11.6 Å². The van der Waals surface area contributed by atoms with Gasteiger partial charge < -0.3 is 15.0 Å². The molecule has 2 heterocycles. The zero-order chi connectivity index (χ0) is 21.4. The Morgan fingerprint density at radius 2 is 2.03 bits per heavy atom. The fourth-order valence-corrected chi connectivity index (χ4v) is 3.82. The Morgan fingerprint density at radius 3 is 2.77 bits per heavy atom. The minimum atomic E-state index is -0.797. The van der Waals surface area contributed by atoms with Crippen molar-refractivity contribution in [3.8, 4) is 5.75 Å². The maximum Gasteiger partial charge on any atom is 0.255 e. The van der Waals surface area contributed by atoms with E-state index in [2.05, 4.69) is 10.6 Å². The summed E-state index contributed by atoms with van der Waals surface area (Å²) in [6.45, 7) is 0.134. The molecule has 7 nitrogen and oxygen atoms in total. The van der Waals surface area contributed by atoms with Crippen LogP contribution < -0.4 is 15.4 Å². The molecule has 0 aromatic heterocycles. The third-order valence-corrected chi connectivity index (χ3v) is 5.35. The summed E-state index contributed by atoms with van der Waals surface area (Å²) in [6, 6.07) is 6.28. The largest absolute Gasteiger partial charge is 0.494 e. The first-order chi connectivity index (χ1) is 14.4. The summed E-state index contributed by atoms with van der Waals surface area (Å²) < 4.78 is 33.6. The fourth-order valence-electron chi connectivity index (χ4n) is 3.82. The van der Waals surface area contributed by atoms with Crippen LogP contribution in [-0.2, 0) is 22.7 Å². The van der Waals surface area contributed by atoms with E-state index in [0.29, 0.717) is 16.8 Å². The highest BCUT2D eigenvalue weighted by molar-refractivity contribution is 6.06. The molecule has 156 valence electrons. The van der Waals surface area contributed by atoms with E-state index in [1.54, 1.807) is 12.1 Å². The Morgan fingerprint density at radius 1 is 1.23 bits per heavy atom. The van der Waals surface area contributed by atoms with E-state index in [1.807, 2.05) is 0 Å². The molecule has 2 aromatic rings. The molecule has 1 atom stereocenters. The Balaban J connectivity index is 1.59. The van der Waals surface area contributed by atoms with Crippen molar-refractivity contribution in [1.82, 2.24) is 10.2 Å². The summed E-state index contributed by atoms with van der Waals surface area (Å²) in [5.41, 5.74) is 1.33. The normalized spacial score (nSPS) is 18.3. The van der Waals surface area contributed by atoms with Crippen LogP contribution in [0.4, 0.5) is 14.5 Å². The highest BCUT2D eigenvalue weighted by atomic mass is 19.1. The summed E-state index contributed by atoms with van der Waals surface area (Å²) in [6.07, 6.45) is 0.343. The van der Waals surface area contributed by atoms with Gasteiger partial charge in [-0.15, -0.1) is 0 Å². The van der Waals surface area contributed by atoms with Crippen LogP contribution in [0.5, 0.6) is 5.75 Å². The first-order valence-corrected chi connectivity index (χ1v) is 9.41. The number of rotatable bonds is 5. The van der Waals surface area contributed by atoms with Gasteiger partial charge >= 0.3 is 0 Å². The number of carbonyl (C=O) groups excluding carboxylic acids is 3. The lowest BCUT2D eigenvalue weighted by Crippen LogP contribution is -2.52. The number of benzene rings is 2. The molecule has 2 aliphatic rings. The Bertz CT molecular complexity index is 1060. The smallest absolute Gasteiger partial charge is 0.255 e. The van der Waals surface area contributed by atoms with Gasteiger partial charge in [-0.3, -0.25) is 19.7 Å². The number of methoxy groups -OCH3 is 1. The molecule has 4 rings (SSSR count). The molecule has 1 saturated heterocycles. The predicted molar refractivity (Wildman–Crippen MR) is 103 cm³/mol. The summed E-state index contributed by atoms with van der Waals surface area (Å²) >= 11 is 0. The van der Waals surface area contributed by atoms with Crippen LogP contribution in [0.25, 0.3) is 0 Å². The zero-order valence-electron chi connectivity index (χ0n) is 16.1. The number of carbonyl (C=O) groups is 3. The zero-order valence-corrected chi connectivity index (χ0v) is 16.1. The van der Waals surface area contributed by atoms with E-state index >= 15 is 0 Å². The molecule has 0 saturated carbocycles. The molecule has 30 heavy (non-hydrogen) atoms. The number of nitrogens with one attached hydrogen (secondary N) is 2. The number of hydrogen-bond acceptors (Lipinski definition) is 5. The molecule has 0 radical (unpaired) electrons. The lowest BCUT2D eigenvalue weighted by molar-refractivity contribution is -0.136. The highest BCUT2D eigenvalue weighted by Crippen LogP contribution is 2.34. The van der Waals surface area contributed by atoms with Crippen LogP contribution in [0.3, 0.4) is 0 Å². The lowest BCUT2D eigenvalue weighted by Gasteiger charge is -2.29. The average molecular weight is 415 g/mol. The van der Waals surface area contributed by atoms with Crippen molar-refractivity contribution >= 4 is 23.4 Å². The van der Waals surface area contributed by atoms with Gasteiger partial charge in [-0.25, -0.2) is 8.78 Å². The first kappa shape index (κ1) is 19.8. The molecular weight excluding hydrogens is 396 g/mol. The van der Waals surface area contributed by atoms with E-state index < -0.39 is 29.5 Å². The molecule has 0 unspecified atom stereocenters. The molecule has 0 spiro atoms. The molecule has 0 bridgehead atoms. The van der Waals surface area contributed by atoms with Gasteiger partial charge in [0.25, 0.3) is 5.91 Å². The summed E-state index contributed by atoms with van der Waals surface area (Å²) in [5, 5.41) is 5.22. The third kappa shape index (κ3) is 3.47. The van der Waals surface area contributed by atoms with Gasteiger partial charge in [-0.2, -0.15) is 0 Å². The molecule has 9 heteroatoms. The molecule has 3 amide bonds. The molecular formula is C21H19F2N3O4. The standard InChI is InChI=1S/C21H19F2N3O4/c1-30-17-4-2-3-11(19(17)23)9-24-15-8-12(22)7-13-14(15)10-26(21(13)29)16-5-6-18(27)25-20(16)28/h2-4,7-8,16,24H,5-6,9-10H2,1H3,(H,25,27,28)/t16-/m1/s1. The van der Waals surface area contributed by atoms with Crippen LogP contribution in [0.2, 0.25) is 0 Å². The summed E-state index contributed by atoms with van der Waals surface area (Å²) in [5.74, 6) is -2.45. The topological polar surface area (TPSA) is 87.7 Å². The number of ether oxygens (including phenoxy) is 1. The van der Waals surface area contributed by atoms with Crippen molar-refractivity contribution in [2.45, 2.75) is 32.0 Å². The maximum atomic E-state index is 14.4. The molecule has 2 aliphatic heterocycles. The molecule has 2 N–H and O–H groups in total. The van der Waals surface area contributed by atoms with Crippen LogP contribution >= 0.6 is 0 Å². The number of amides is 3. The second-order valence-electron chi connectivity index (χ2n) is 7.17. The maximum absolute atomic E-state index is 14.4. The Labute approximate surface area is 171 Å². The Kier molecular flexibility index (Phi) is 5.11. The number of halogens is 2. The predicted octanol–water partition coefficient (Wildman–Crippen LogP) is 2.35. The molecule has 2 aromatic carbocycles. The van der Waals surface area contributed by atoms with E-state index in [4.69, 9.17) is 4.74 Å². The van der Waals surface area contributed by atoms with Gasteiger partial charge in [-0.05, 0) is 24.6 Å². The first-order valence-electron chi connectivity index (χ1n) is 9.41. The van der Waals surface area contributed by atoms with Crippen molar-refractivity contribution in [2.75, 3.05) is 12.4 Å². The van der Waals surface area contributed by atoms with Gasteiger partial charge in [0.2, 0.25) is 11.8 Å². The SMILES string of the molecule is COc1cccc(CNc2cc(F)cc3c2CN([C@@H]2CCC(=O)NC2=O)C3=O)c1F. The van der Waals surface area contributed by atoms with Gasteiger partial charge in [0, 0.05) is 41.9 Å². The van der Waals surface area contributed by atoms with Crippen LogP contribution in [0.15, 0.2) is 30.3 Å². The van der Waals surface area contributed by atoms with Gasteiger partial charge in [0.1, 0.15) is 11.9 Å². The van der Waals surface area contributed by atoms with Crippen molar-refractivity contribution in [2.24, 2.45) is 0 Å². The minimum Gasteiger partial charge on any atom is -0.494 e. The van der Waals surface area contributed by atoms with Gasteiger partial charge in [0.15, 0.2) is 11.6 Å². The van der Waals surface area contributed by atoms with E-state index in [9.17, 15) is 23.2 Å². The second-order valence-corrected chi connectivity index (χ2v) is 7.17. The van der Waals surface area contributed by atoms with Crippen molar-refractivity contribution in [3.05, 3.63) is 58.7 Å². The average Bonchev–Trinajstić information content (AvgIpc) is 3.03. The lowest BCUT2D eigenvalue weighted by atomic mass is 10.0. The second kappa shape index (κ2) is 7.74. The van der Waals surface area contributed by atoms with E-state index in [0.717, 1.165) is 6.07 Å². The third-order valence-electron chi connectivity index (χ3n) is 5.35. The molecule has 0 aliphatic carbocycles. The van der Waals surface area contributed by atoms with Crippen LogP contribution in [0.1, 0.15) is 34.3 Å². The number of imide groups is 1. The minimum absolute atomic E-state index is 0.0472. The number of hydrogen-bond donors (Lipinski definition) is 2. The van der Waals surface area contributed by atoms with Crippen molar-refractivity contribution < 1.29 is 27.9 Å². The number of fused-ring (bicyclic) bond motifs is 1. The quantitative estimate of drug-likeness (QED) is 0.732. The number of piperidine rings is 1. The highest BCUT2D eigenvalue weighted by Gasteiger charge is 2.40. The summed E-state index contributed by atoms with van der Waals surface area (Å²) in [7, 11) is 1.37. The van der Waals surface area contributed by atoms with Crippen LogP contribution in [-0.4, -0.2) is 35.8 Å². The number of nitrogens with zero attached hydrogens (tertiary/aromatic N) is 1. The van der Waals surface area contributed by atoms with Gasteiger partial charge in [0.05, 0.1) is 7.11 Å². The van der Waals surface area contributed by atoms with Gasteiger partial charge in [-0.1, -0.05) is 12.1 Å². The van der Waals surface area contributed by atoms with E-state index in [-0.39, 0.29) is 43.2 Å². The van der Waals surface area contributed by atoms with Crippen molar-refractivity contribution in [1.29, 1.82) is 0 Å². The fraction of sp³-hybridized carbons (Fsp3) is 0.286. The summed E-state index contributed by atoms with van der Waals surface area (Å²) in [4.78, 5) is 37.7. The van der Waals surface area contributed by atoms with E-state index in [1.165, 1.54) is 24.1 Å². The Hall–Kier alpha value is -3.49. The van der Waals surface area contributed by atoms with Crippen molar-refractivity contribution in [3.63, 3.8) is 0 Å².